The smallest absolute Gasteiger partial charge is 0.253 e. The van der Waals surface area contributed by atoms with Crippen molar-refractivity contribution in [3.63, 3.8) is 0 Å². The first-order valence-electron chi connectivity index (χ1n) is 8.51. The van der Waals surface area contributed by atoms with Gasteiger partial charge in [-0.1, -0.05) is 37.6 Å². The highest BCUT2D eigenvalue weighted by atomic mass is 35.5. The lowest BCUT2D eigenvalue weighted by Crippen LogP contribution is -2.50. The number of rotatable bonds is 8. The van der Waals surface area contributed by atoms with E-state index in [-0.39, 0.29) is 29.6 Å². The molecule has 1 aromatic carbocycles. The molecule has 6 nitrogen and oxygen atoms in total. The van der Waals surface area contributed by atoms with E-state index in [4.69, 9.17) is 11.6 Å². The molecule has 1 atom stereocenters. The van der Waals surface area contributed by atoms with Gasteiger partial charge in [-0.15, -0.1) is 0 Å². The highest BCUT2D eigenvalue weighted by Gasteiger charge is 2.29. The van der Waals surface area contributed by atoms with Crippen molar-refractivity contribution in [2.75, 3.05) is 13.1 Å². The zero-order chi connectivity index (χ0) is 18.4. The van der Waals surface area contributed by atoms with Crippen molar-refractivity contribution in [3.05, 3.63) is 34.9 Å². The predicted molar refractivity (Wildman–Crippen MR) is 96.3 cm³/mol. The molecule has 0 aromatic heterocycles. The molecule has 136 valence electrons. The fourth-order valence-electron chi connectivity index (χ4n) is 2.37. The second-order valence-electron chi connectivity index (χ2n) is 6.53. The van der Waals surface area contributed by atoms with E-state index in [1.54, 1.807) is 24.3 Å². The molecule has 0 spiro atoms. The number of nitrogens with one attached hydrogen (secondary N) is 3. The van der Waals surface area contributed by atoms with Crippen LogP contribution in [0.4, 0.5) is 0 Å². The van der Waals surface area contributed by atoms with E-state index in [2.05, 4.69) is 16.0 Å². The van der Waals surface area contributed by atoms with Gasteiger partial charge in [0.2, 0.25) is 11.8 Å². The van der Waals surface area contributed by atoms with E-state index in [0.29, 0.717) is 23.7 Å². The van der Waals surface area contributed by atoms with Gasteiger partial charge in [0.1, 0.15) is 6.04 Å². The summed E-state index contributed by atoms with van der Waals surface area (Å²) in [6, 6.07) is 6.02. The minimum absolute atomic E-state index is 0.0432. The Bertz CT molecular complexity index is 644. The number of carbonyl (C=O) groups excluding carboxylic acids is 3. The van der Waals surface area contributed by atoms with E-state index in [9.17, 15) is 14.4 Å². The van der Waals surface area contributed by atoms with Crippen LogP contribution in [0, 0.1) is 11.8 Å². The third-order valence-electron chi connectivity index (χ3n) is 4.03. The van der Waals surface area contributed by atoms with Crippen LogP contribution in [-0.2, 0) is 9.59 Å². The second-order valence-corrected chi connectivity index (χ2v) is 6.94. The van der Waals surface area contributed by atoms with Crippen molar-refractivity contribution >= 4 is 29.3 Å². The zero-order valence-electron chi connectivity index (χ0n) is 14.5. The van der Waals surface area contributed by atoms with Gasteiger partial charge >= 0.3 is 0 Å². The third-order valence-corrected chi connectivity index (χ3v) is 4.36. The van der Waals surface area contributed by atoms with Gasteiger partial charge in [0.05, 0.1) is 10.6 Å². The number of hydrogen-bond acceptors (Lipinski definition) is 3. The van der Waals surface area contributed by atoms with Gasteiger partial charge in [-0.2, -0.15) is 0 Å². The average molecular weight is 366 g/mol. The fraction of sp³-hybridized carbons (Fsp3) is 0.500. The van der Waals surface area contributed by atoms with Gasteiger partial charge in [-0.25, -0.2) is 0 Å². The van der Waals surface area contributed by atoms with Crippen molar-refractivity contribution in [1.82, 2.24) is 16.0 Å². The molecular weight excluding hydrogens is 342 g/mol. The van der Waals surface area contributed by atoms with Gasteiger partial charge in [-0.3, -0.25) is 14.4 Å². The lowest BCUT2D eigenvalue weighted by atomic mass is 10.0. The Morgan fingerprint density at radius 3 is 2.36 bits per heavy atom. The standard InChI is InChI=1S/C18H24ClN3O3/c1-11(2)15(22-17(24)13-5-3-4-6-14(13)19)18(25)21-10-9-20-16(23)12-7-8-12/h3-6,11-12,15H,7-10H2,1-2H3,(H,20,23)(H,21,25)(H,22,24). The normalized spacial score (nSPS) is 14.7. The van der Waals surface area contributed by atoms with Crippen LogP contribution in [0.1, 0.15) is 37.0 Å². The zero-order valence-corrected chi connectivity index (χ0v) is 15.2. The van der Waals surface area contributed by atoms with Gasteiger partial charge in [0, 0.05) is 19.0 Å². The lowest BCUT2D eigenvalue weighted by Gasteiger charge is -2.22. The molecule has 25 heavy (non-hydrogen) atoms. The summed E-state index contributed by atoms with van der Waals surface area (Å²) < 4.78 is 0. The molecule has 1 saturated carbocycles. The summed E-state index contributed by atoms with van der Waals surface area (Å²) >= 11 is 6.02. The first kappa shape index (κ1) is 19.2. The van der Waals surface area contributed by atoms with Crippen LogP contribution >= 0.6 is 11.6 Å². The maximum atomic E-state index is 12.4. The molecule has 3 N–H and O–H groups in total. The molecule has 1 fully saturated rings. The van der Waals surface area contributed by atoms with Crippen molar-refractivity contribution in [2.24, 2.45) is 11.8 Å². The summed E-state index contributed by atoms with van der Waals surface area (Å²) in [6.07, 6.45) is 1.89. The number of halogens is 1. The Morgan fingerprint density at radius 1 is 1.12 bits per heavy atom. The highest BCUT2D eigenvalue weighted by Crippen LogP contribution is 2.28. The summed E-state index contributed by atoms with van der Waals surface area (Å²) in [5.74, 6) is -0.569. The van der Waals surface area contributed by atoms with Crippen LogP contribution in [0.25, 0.3) is 0 Å². The number of hydrogen-bond donors (Lipinski definition) is 3. The largest absolute Gasteiger partial charge is 0.354 e. The van der Waals surface area contributed by atoms with E-state index in [1.165, 1.54) is 0 Å². The van der Waals surface area contributed by atoms with Crippen molar-refractivity contribution in [3.8, 4) is 0 Å². The Labute approximate surface area is 152 Å². The Balaban J connectivity index is 1.84. The monoisotopic (exact) mass is 365 g/mol. The van der Waals surface area contributed by atoms with Crippen LogP contribution in [0.2, 0.25) is 5.02 Å². The molecule has 0 bridgehead atoms. The van der Waals surface area contributed by atoms with Gasteiger partial charge in [0.15, 0.2) is 0 Å². The van der Waals surface area contributed by atoms with E-state index >= 15 is 0 Å². The van der Waals surface area contributed by atoms with Gasteiger partial charge in [0.25, 0.3) is 5.91 Å². The Hall–Kier alpha value is -2.08. The summed E-state index contributed by atoms with van der Waals surface area (Å²) in [5.41, 5.74) is 0.333. The summed E-state index contributed by atoms with van der Waals surface area (Å²) in [4.78, 5) is 36.2. The number of amides is 3. The van der Waals surface area contributed by atoms with Gasteiger partial charge < -0.3 is 16.0 Å². The molecule has 7 heteroatoms. The number of carbonyl (C=O) groups is 3. The first-order valence-corrected chi connectivity index (χ1v) is 8.88. The topological polar surface area (TPSA) is 87.3 Å². The van der Waals surface area contributed by atoms with E-state index < -0.39 is 6.04 Å². The van der Waals surface area contributed by atoms with Crippen LogP contribution in [0.5, 0.6) is 0 Å². The fourth-order valence-corrected chi connectivity index (χ4v) is 2.59. The minimum atomic E-state index is -0.678. The van der Waals surface area contributed by atoms with Crippen molar-refractivity contribution in [1.29, 1.82) is 0 Å². The summed E-state index contributed by atoms with van der Waals surface area (Å²) in [6.45, 7) is 4.41. The molecule has 1 aliphatic carbocycles. The Kier molecular flexibility index (Phi) is 6.82. The molecule has 3 amide bonds. The quantitative estimate of drug-likeness (QED) is 0.613. The minimum Gasteiger partial charge on any atom is -0.354 e. The molecule has 1 aromatic rings. The summed E-state index contributed by atoms with van der Waals surface area (Å²) in [7, 11) is 0. The number of benzene rings is 1. The predicted octanol–water partition coefficient (Wildman–Crippen LogP) is 1.74. The molecule has 1 aliphatic rings. The maximum Gasteiger partial charge on any atom is 0.253 e. The second kappa shape index (κ2) is 8.85. The average Bonchev–Trinajstić information content (AvgIpc) is 3.41. The maximum absolute atomic E-state index is 12.4. The van der Waals surface area contributed by atoms with E-state index in [0.717, 1.165) is 12.8 Å². The Morgan fingerprint density at radius 2 is 1.76 bits per heavy atom. The lowest BCUT2D eigenvalue weighted by molar-refractivity contribution is -0.125. The van der Waals surface area contributed by atoms with Crippen LogP contribution in [0.3, 0.4) is 0 Å². The van der Waals surface area contributed by atoms with Gasteiger partial charge in [-0.05, 0) is 30.9 Å². The van der Waals surface area contributed by atoms with Crippen molar-refractivity contribution < 1.29 is 14.4 Å². The highest BCUT2D eigenvalue weighted by molar-refractivity contribution is 6.33. The summed E-state index contributed by atoms with van der Waals surface area (Å²) in [5, 5.41) is 8.60. The van der Waals surface area contributed by atoms with Crippen LogP contribution in [-0.4, -0.2) is 36.9 Å². The molecular formula is C18H24ClN3O3. The molecule has 0 heterocycles. The van der Waals surface area contributed by atoms with Crippen LogP contribution in [0.15, 0.2) is 24.3 Å². The molecule has 0 saturated heterocycles. The molecule has 0 aliphatic heterocycles. The van der Waals surface area contributed by atoms with E-state index in [1.807, 2.05) is 13.8 Å². The third kappa shape index (κ3) is 5.74. The van der Waals surface area contributed by atoms with Crippen LogP contribution < -0.4 is 16.0 Å². The molecule has 2 rings (SSSR count). The SMILES string of the molecule is CC(C)C(NC(=O)c1ccccc1Cl)C(=O)NCCNC(=O)C1CC1. The van der Waals surface area contributed by atoms with Crippen molar-refractivity contribution in [2.45, 2.75) is 32.7 Å². The molecule has 1 unspecified atom stereocenters. The molecule has 0 radical (unpaired) electrons. The first-order chi connectivity index (χ1) is 11.9.